The topological polar surface area (TPSA) is 20.2 Å². The highest BCUT2D eigenvalue weighted by atomic mass is 35.5. The third kappa shape index (κ3) is 1.91. The Bertz CT molecular complexity index is 492. The number of benzene rings is 2. The van der Waals surface area contributed by atoms with Gasteiger partial charge in [-0.15, -0.1) is 0 Å². The van der Waals surface area contributed by atoms with Crippen LogP contribution in [0.4, 0.5) is 0 Å². The van der Waals surface area contributed by atoms with Gasteiger partial charge in [0.25, 0.3) is 0 Å². The molecule has 1 nitrogen and oxygen atoms in total. The van der Waals surface area contributed by atoms with E-state index < -0.39 is 0 Å². The lowest BCUT2D eigenvalue weighted by Gasteiger charge is -2.12. The van der Waals surface area contributed by atoms with E-state index >= 15 is 0 Å². The monoisotopic (exact) mass is 232 g/mol. The molecule has 0 radical (unpaired) electrons. The summed E-state index contributed by atoms with van der Waals surface area (Å²) in [6, 6.07) is 13.2. The van der Waals surface area contributed by atoms with Gasteiger partial charge in [0, 0.05) is 10.6 Å². The molecule has 0 aliphatic carbocycles. The standard InChI is InChI=1S/C14H13ClO/c1-2-11-12(15)8-9-13(16)14(11)10-6-4-3-5-7-10/h3-9,16H,2H2,1H3. The van der Waals surface area contributed by atoms with Gasteiger partial charge in [0.1, 0.15) is 5.75 Å². The van der Waals surface area contributed by atoms with E-state index in [-0.39, 0.29) is 5.75 Å². The first-order valence-corrected chi connectivity index (χ1v) is 5.67. The second kappa shape index (κ2) is 4.58. The highest BCUT2D eigenvalue weighted by molar-refractivity contribution is 6.31. The van der Waals surface area contributed by atoms with Crippen molar-refractivity contribution in [2.24, 2.45) is 0 Å². The van der Waals surface area contributed by atoms with Crippen molar-refractivity contribution in [1.82, 2.24) is 0 Å². The average molecular weight is 233 g/mol. The Labute approximate surface area is 100 Å². The molecule has 0 heterocycles. The van der Waals surface area contributed by atoms with Gasteiger partial charge in [-0.2, -0.15) is 0 Å². The zero-order chi connectivity index (χ0) is 11.5. The zero-order valence-electron chi connectivity index (χ0n) is 9.07. The van der Waals surface area contributed by atoms with Crippen molar-refractivity contribution in [3.05, 3.63) is 53.1 Å². The normalized spacial score (nSPS) is 10.4. The molecule has 2 aromatic rings. The number of hydrogen-bond acceptors (Lipinski definition) is 1. The molecular formula is C14H13ClO. The first kappa shape index (κ1) is 11.0. The van der Waals surface area contributed by atoms with Crippen molar-refractivity contribution in [2.75, 3.05) is 0 Å². The van der Waals surface area contributed by atoms with E-state index in [2.05, 4.69) is 0 Å². The van der Waals surface area contributed by atoms with Crippen LogP contribution in [-0.2, 0) is 6.42 Å². The van der Waals surface area contributed by atoms with Crippen molar-refractivity contribution in [3.63, 3.8) is 0 Å². The van der Waals surface area contributed by atoms with Gasteiger partial charge in [0.2, 0.25) is 0 Å². The summed E-state index contributed by atoms with van der Waals surface area (Å²) in [5.41, 5.74) is 2.84. The Morgan fingerprint density at radius 1 is 1.06 bits per heavy atom. The third-order valence-corrected chi connectivity index (χ3v) is 3.00. The molecule has 82 valence electrons. The minimum atomic E-state index is 0.285. The molecule has 0 amide bonds. The van der Waals surface area contributed by atoms with Crippen molar-refractivity contribution < 1.29 is 5.11 Å². The van der Waals surface area contributed by atoms with Gasteiger partial charge in [0.05, 0.1) is 0 Å². The number of aromatic hydroxyl groups is 1. The van der Waals surface area contributed by atoms with Crippen LogP contribution < -0.4 is 0 Å². The average Bonchev–Trinajstić information content (AvgIpc) is 2.33. The summed E-state index contributed by atoms with van der Waals surface area (Å²) in [5.74, 6) is 0.285. The van der Waals surface area contributed by atoms with Crippen molar-refractivity contribution >= 4 is 11.6 Å². The molecule has 0 aliphatic rings. The van der Waals surface area contributed by atoms with Crippen LogP contribution in [0.25, 0.3) is 11.1 Å². The molecule has 0 spiro atoms. The van der Waals surface area contributed by atoms with E-state index in [1.54, 1.807) is 12.1 Å². The fraction of sp³-hybridized carbons (Fsp3) is 0.143. The molecule has 2 rings (SSSR count). The number of phenols is 1. The predicted octanol–water partition coefficient (Wildman–Crippen LogP) is 4.28. The molecule has 0 saturated heterocycles. The minimum absolute atomic E-state index is 0.285. The number of phenolic OH excluding ortho intramolecular Hbond substituents is 1. The lowest BCUT2D eigenvalue weighted by Crippen LogP contribution is -1.90. The lowest BCUT2D eigenvalue weighted by atomic mass is 9.97. The van der Waals surface area contributed by atoms with Crippen LogP contribution in [0.1, 0.15) is 12.5 Å². The van der Waals surface area contributed by atoms with Crippen LogP contribution in [-0.4, -0.2) is 5.11 Å². The Balaban J connectivity index is 2.68. The molecule has 0 unspecified atom stereocenters. The summed E-state index contributed by atoms with van der Waals surface area (Å²) >= 11 is 6.14. The summed E-state index contributed by atoms with van der Waals surface area (Å²) in [5, 5.41) is 10.6. The molecule has 0 aliphatic heterocycles. The largest absolute Gasteiger partial charge is 0.507 e. The maximum absolute atomic E-state index is 9.94. The first-order valence-electron chi connectivity index (χ1n) is 5.29. The van der Waals surface area contributed by atoms with Gasteiger partial charge in [0.15, 0.2) is 0 Å². The molecule has 0 bridgehead atoms. The summed E-state index contributed by atoms with van der Waals surface area (Å²) in [7, 11) is 0. The highest BCUT2D eigenvalue weighted by Crippen LogP contribution is 2.36. The maximum Gasteiger partial charge on any atom is 0.123 e. The maximum atomic E-state index is 9.94. The quantitative estimate of drug-likeness (QED) is 0.820. The fourth-order valence-corrected chi connectivity index (χ4v) is 2.17. The molecule has 1 N–H and O–H groups in total. The van der Waals surface area contributed by atoms with E-state index in [0.29, 0.717) is 5.02 Å². The highest BCUT2D eigenvalue weighted by Gasteiger charge is 2.11. The van der Waals surface area contributed by atoms with Crippen molar-refractivity contribution in [3.8, 4) is 16.9 Å². The summed E-state index contributed by atoms with van der Waals surface area (Å²) in [6.45, 7) is 2.03. The number of hydrogen-bond donors (Lipinski definition) is 1. The van der Waals surface area contributed by atoms with E-state index in [1.165, 1.54) is 0 Å². The molecule has 0 fully saturated rings. The van der Waals surface area contributed by atoms with E-state index in [4.69, 9.17) is 11.6 Å². The number of rotatable bonds is 2. The van der Waals surface area contributed by atoms with Gasteiger partial charge in [-0.25, -0.2) is 0 Å². The molecule has 0 aromatic heterocycles. The SMILES string of the molecule is CCc1c(Cl)ccc(O)c1-c1ccccc1. The fourth-order valence-electron chi connectivity index (χ4n) is 1.88. The Morgan fingerprint density at radius 2 is 1.75 bits per heavy atom. The molecule has 16 heavy (non-hydrogen) atoms. The summed E-state index contributed by atoms with van der Waals surface area (Å²) < 4.78 is 0. The van der Waals surface area contributed by atoms with Crippen molar-refractivity contribution in [1.29, 1.82) is 0 Å². The third-order valence-electron chi connectivity index (χ3n) is 2.65. The molecule has 0 saturated carbocycles. The number of halogens is 1. The summed E-state index contributed by atoms with van der Waals surface area (Å²) in [4.78, 5) is 0. The van der Waals surface area contributed by atoms with E-state index in [0.717, 1.165) is 23.1 Å². The minimum Gasteiger partial charge on any atom is -0.507 e. The summed E-state index contributed by atoms with van der Waals surface area (Å²) in [6.07, 6.45) is 0.803. The van der Waals surface area contributed by atoms with Gasteiger partial charge in [-0.05, 0) is 29.7 Å². The van der Waals surface area contributed by atoms with Gasteiger partial charge in [-0.3, -0.25) is 0 Å². The van der Waals surface area contributed by atoms with Crippen LogP contribution >= 0.6 is 11.6 Å². The zero-order valence-corrected chi connectivity index (χ0v) is 9.83. The predicted molar refractivity (Wildman–Crippen MR) is 67.9 cm³/mol. The Morgan fingerprint density at radius 3 is 2.38 bits per heavy atom. The van der Waals surface area contributed by atoms with Crippen LogP contribution in [0.5, 0.6) is 5.75 Å². The molecule has 2 aromatic carbocycles. The van der Waals surface area contributed by atoms with Crippen LogP contribution in [0.15, 0.2) is 42.5 Å². The first-order chi connectivity index (χ1) is 7.74. The van der Waals surface area contributed by atoms with Crippen LogP contribution in [0.2, 0.25) is 5.02 Å². The lowest BCUT2D eigenvalue weighted by molar-refractivity contribution is 0.476. The smallest absolute Gasteiger partial charge is 0.123 e. The van der Waals surface area contributed by atoms with Gasteiger partial charge in [-0.1, -0.05) is 48.9 Å². The Hall–Kier alpha value is -1.47. The van der Waals surface area contributed by atoms with Gasteiger partial charge < -0.3 is 5.11 Å². The van der Waals surface area contributed by atoms with Gasteiger partial charge >= 0.3 is 0 Å². The van der Waals surface area contributed by atoms with Crippen LogP contribution in [0.3, 0.4) is 0 Å². The van der Waals surface area contributed by atoms with Crippen molar-refractivity contribution in [2.45, 2.75) is 13.3 Å². The van der Waals surface area contributed by atoms with Crippen LogP contribution in [0, 0.1) is 0 Å². The second-order valence-electron chi connectivity index (χ2n) is 3.64. The van der Waals surface area contributed by atoms with E-state index in [1.807, 2.05) is 37.3 Å². The molecule has 2 heteroatoms. The van der Waals surface area contributed by atoms with E-state index in [9.17, 15) is 5.11 Å². The molecule has 0 atom stereocenters. The molecular weight excluding hydrogens is 220 g/mol. The Kier molecular flexibility index (Phi) is 3.16. The second-order valence-corrected chi connectivity index (χ2v) is 4.05.